The van der Waals surface area contributed by atoms with Gasteiger partial charge in [-0.15, -0.1) is 0 Å². The number of aryl methyl sites for hydroxylation is 1. The van der Waals surface area contributed by atoms with Gasteiger partial charge in [-0.1, -0.05) is 0 Å². The molecule has 0 aliphatic carbocycles. The Hall–Kier alpha value is -2.14. The second-order valence-corrected chi connectivity index (χ2v) is 4.65. The van der Waals surface area contributed by atoms with Gasteiger partial charge in [0.2, 0.25) is 6.79 Å². The monoisotopic (exact) mass is 275 g/mol. The number of ether oxygens (including phenoxy) is 3. The van der Waals surface area contributed by atoms with E-state index in [-0.39, 0.29) is 6.79 Å². The molecule has 5 heteroatoms. The van der Waals surface area contributed by atoms with Crippen LogP contribution in [0.5, 0.6) is 17.2 Å². The van der Waals surface area contributed by atoms with Crippen molar-refractivity contribution in [3.8, 4) is 17.2 Å². The second-order valence-electron chi connectivity index (χ2n) is 4.65. The van der Waals surface area contributed by atoms with Crippen molar-refractivity contribution in [3.05, 3.63) is 41.3 Å². The molecule has 2 aromatic rings. The number of nitrogens with one attached hydrogen (secondary N) is 1. The highest BCUT2D eigenvalue weighted by atomic mass is 16.7. The lowest BCUT2D eigenvalue weighted by molar-refractivity contribution is 0.173. The first-order chi connectivity index (χ1) is 9.76. The lowest BCUT2D eigenvalue weighted by atomic mass is 10.2. The molecule has 0 saturated carbocycles. The Morgan fingerprint density at radius 2 is 2.05 bits per heavy atom. The van der Waals surface area contributed by atoms with Crippen molar-refractivity contribution < 1.29 is 18.6 Å². The molecule has 1 aliphatic rings. The van der Waals surface area contributed by atoms with Crippen LogP contribution in [-0.2, 0) is 13.2 Å². The zero-order valence-corrected chi connectivity index (χ0v) is 11.6. The maximum absolute atomic E-state index is 5.73. The van der Waals surface area contributed by atoms with Crippen LogP contribution in [0, 0.1) is 6.92 Å². The van der Waals surface area contributed by atoms with E-state index in [1.807, 2.05) is 38.2 Å². The first-order valence-corrected chi connectivity index (χ1v) is 6.51. The third-order valence-electron chi connectivity index (χ3n) is 3.13. The van der Waals surface area contributed by atoms with Crippen molar-refractivity contribution in [3.63, 3.8) is 0 Å². The minimum atomic E-state index is 0.267. The minimum Gasteiger partial charge on any atom is -0.486 e. The van der Waals surface area contributed by atoms with E-state index in [0.29, 0.717) is 12.4 Å². The van der Waals surface area contributed by atoms with Crippen LogP contribution in [0.4, 0.5) is 0 Å². The fourth-order valence-corrected chi connectivity index (χ4v) is 2.12. The SMILES string of the molecule is CNCc1oc(COc2ccc3c(c2)OCO3)cc1C. The third kappa shape index (κ3) is 2.58. The molecule has 5 nitrogen and oxygen atoms in total. The highest BCUT2D eigenvalue weighted by Crippen LogP contribution is 2.35. The molecule has 0 bridgehead atoms. The predicted octanol–water partition coefficient (Wildman–Crippen LogP) is 2.62. The number of benzene rings is 1. The number of furan rings is 1. The maximum atomic E-state index is 5.73. The van der Waals surface area contributed by atoms with Crippen LogP contribution in [-0.4, -0.2) is 13.8 Å². The molecule has 20 heavy (non-hydrogen) atoms. The summed E-state index contributed by atoms with van der Waals surface area (Å²) in [4.78, 5) is 0. The fraction of sp³-hybridized carbons (Fsp3) is 0.333. The van der Waals surface area contributed by atoms with Gasteiger partial charge in [0.05, 0.1) is 6.54 Å². The van der Waals surface area contributed by atoms with Crippen LogP contribution in [0.2, 0.25) is 0 Å². The van der Waals surface area contributed by atoms with Crippen LogP contribution in [0.3, 0.4) is 0 Å². The molecule has 106 valence electrons. The summed E-state index contributed by atoms with van der Waals surface area (Å²) in [5.74, 6) is 3.96. The zero-order valence-electron chi connectivity index (χ0n) is 11.6. The molecule has 3 rings (SSSR count). The van der Waals surface area contributed by atoms with Crippen LogP contribution in [0.25, 0.3) is 0 Å². The molecule has 1 aromatic heterocycles. The van der Waals surface area contributed by atoms with Gasteiger partial charge in [0.15, 0.2) is 11.5 Å². The van der Waals surface area contributed by atoms with Crippen LogP contribution in [0.15, 0.2) is 28.7 Å². The van der Waals surface area contributed by atoms with Gasteiger partial charge in [-0.05, 0) is 37.7 Å². The average Bonchev–Trinajstić information content (AvgIpc) is 3.03. The summed E-state index contributed by atoms with van der Waals surface area (Å²) in [5.41, 5.74) is 1.13. The maximum Gasteiger partial charge on any atom is 0.231 e. The van der Waals surface area contributed by atoms with Gasteiger partial charge >= 0.3 is 0 Å². The Balaban J connectivity index is 1.66. The summed E-state index contributed by atoms with van der Waals surface area (Å²) in [6.07, 6.45) is 0. The molecule has 1 N–H and O–H groups in total. The lowest BCUT2D eigenvalue weighted by Gasteiger charge is -2.05. The van der Waals surface area contributed by atoms with E-state index in [4.69, 9.17) is 18.6 Å². The zero-order chi connectivity index (χ0) is 13.9. The summed E-state index contributed by atoms with van der Waals surface area (Å²) in [7, 11) is 1.89. The van der Waals surface area contributed by atoms with E-state index < -0.39 is 0 Å². The van der Waals surface area contributed by atoms with Crippen LogP contribution in [0.1, 0.15) is 17.1 Å². The fourth-order valence-electron chi connectivity index (χ4n) is 2.12. The Morgan fingerprint density at radius 1 is 1.20 bits per heavy atom. The molecule has 1 aromatic carbocycles. The Kier molecular flexibility index (Phi) is 3.52. The van der Waals surface area contributed by atoms with E-state index in [9.17, 15) is 0 Å². The van der Waals surface area contributed by atoms with Gasteiger partial charge in [0, 0.05) is 6.07 Å². The molecule has 0 amide bonds. The Morgan fingerprint density at radius 3 is 2.90 bits per heavy atom. The first kappa shape index (κ1) is 12.9. The van der Waals surface area contributed by atoms with E-state index in [2.05, 4.69) is 5.32 Å². The first-order valence-electron chi connectivity index (χ1n) is 6.51. The molecule has 0 fully saturated rings. The molecule has 0 unspecified atom stereocenters. The van der Waals surface area contributed by atoms with Gasteiger partial charge in [0.25, 0.3) is 0 Å². The molecule has 0 saturated heterocycles. The number of fused-ring (bicyclic) bond motifs is 1. The quantitative estimate of drug-likeness (QED) is 0.909. The lowest BCUT2D eigenvalue weighted by Crippen LogP contribution is -2.04. The summed E-state index contributed by atoms with van der Waals surface area (Å²) < 4.78 is 22.0. The third-order valence-corrected chi connectivity index (χ3v) is 3.13. The molecule has 1 aliphatic heterocycles. The van der Waals surface area contributed by atoms with E-state index in [1.165, 1.54) is 0 Å². The van der Waals surface area contributed by atoms with Crippen molar-refractivity contribution >= 4 is 0 Å². The topological polar surface area (TPSA) is 52.9 Å². The van der Waals surface area contributed by atoms with Gasteiger partial charge in [-0.3, -0.25) is 0 Å². The number of hydrogen-bond donors (Lipinski definition) is 1. The largest absolute Gasteiger partial charge is 0.486 e. The van der Waals surface area contributed by atoms with Crippen molar-refractivity contribution in [2.45, 2.75) is 20.1 Å². The highest BCUT2D eigenvalue weighted by molar-refractivity contribution is 5.46. The van der Waals surface area contributed by atoms with Crippen molar-refractivity contribution in [2.24, 2.45) is 0 Å². The average molecular weight is 275 g/mol. The smallest absolute Gasteiger partial charge is 0.231 e. The van der Waals surface area contributed by atoms with Crippen molar-refractivity contribution in [1.29, 1.82) is 0 Å². The molecule has 0 spiro atoms. The van der Waals surface area contributed by atoms with Crippen molar-refractivity contribution in [2.75, 3.05) is 13.8 Å². The summed E-state index contributed by atoms with van der Waals surface area (Å²) >= 11 is 0. The normalized spacial score (nSPS) is 12.7. The van der Waals surface area contributed by atoms with E-state index >= 15 is 0 Å². The molecule has 2 heterocycles. The van der Waals surface area contributed by atoms with Crippen LogP contribution >= 0.6 is 0 Å². The standard InChI is InChI=1S/C15H17NO4/c1-10-5-12(20-15(10)7-16-2)8-17-11-3-4-13-14(6-11)19-9-18-13/h3-6,16H,7-9H2,1-2H3. The number of hydrogen-bond acceptors (Lipinski definition) is 5. The minimum absolute atomic E-state index is 0.267. The Labute approximate surface area is 117 Å². The summed E-state index contributed by atoms with van der Waals surface area (Å²) in [6.45, 7) is 3.41. The van der Waals surface area contributed by atoms with Crippen LogP contribution < -0.4 is 19.5 Å². The highest BCUT2D eigenvalue weighted by Gasteiger charge is 2.14. The predicted molar refractivity (Wildman–Crippen MR) is 73.1 cm³/mol. The molecule has 0 radical (unpaired) electrons. The second kappa shape index (κ2) is 5.46. The van der Waals surface area contributed by atoms with Gasteiger partial charge in [0.1, 0.15) is 23.9 Å². The molecular weight excluding hydrogens is 258 g/mol. The van der Waals surface area contributed by atoms with Gasteiger partial charge in [-0.25, -0.2) is 0 Å². The van der Waals surface area contributed by atoms with Gasteiger partial charge < -0.3 is 23.9 Å². The van der Waals surface area contributed by atoms with E-state index in [0.717, 1.165) is 35.1 Å². The van der Waals surface area contributed by atoms with Crippen molar-refractivity contribution in [1.82, 2.24) is 5.32 Å². The van der Waals surface area contributed by atoms with E-state index in [1.54, 1.807) is 0 Å². The molecular formula is C15H17NO4. The molecule has 0 atom stereocenters. The summed E-state index contributed by atoms with van der Waals surface area (Å²) in [6, 6.07) is 7.53. The summed E-state index contributed by atoms with van der Waals surface area (Å²) in [5, 5.41) is 3.08. The van der Waals surface area contributed by atoms with Gasteiger partial charge in [-0.2, -0.15) is 0 Å². The Bertz CT molecular complexity index is 606. The number of rotatable bonds is 5.